The Kier molecular flexibility index (Phi) is 8.82. The van der Waals surface area contributed by atoms with Gasteiger partial charge < -0.3 is 15.0 Å². The van der Waals surface area contributed by atoms with Crippen LogP contribution in [0.15, 0.2) is 90.6 Å². The number of nitrogens with one attached hydrogen (secondary N) is 1. The number of ether oxygens (including phenoxy) is 1. The zero-order valence-electron chi connectivity index (χ0n) is 24.0. The quantitative estimate of drug-likeness (QED) is 0.182. The number of aromatic nitrogens is 2. The normalized spacial score (nSPS) is 13.9. The molecule has 0 atom stereocenters. The predicted octanol–water partition coefficient (Wildman–Crippen LogP) is 6.46. The molecule has 1 amide bonds. The maximum atomic E-state index is 12.6. The summed E-state index contributed by atoms with van der Waals surface area (Å²) in [7, 11) is 0. The van der Waals surface area contributed by atoms with Crippen molar-refractivity contribution in [2.24, 2.45) is 0 Å². The lowest BCUT2D eigenvalue weighted by Gasteiger charge is -2.36. The van der Waals surface area contributed by atoms with E-state index < -0.39 is 0 Å². The van der Waals surface area contributed by atoms with E-state index in [2.05, 4.69) is 62.6 Å². The molecule has 42 heavy (non-hydrogen) atoms. The number of piperazine rings is 1. The summed E-state index contributed by atoms with van der Waals surface area (Å²) in [5, 5.41) is 5.10. The van der Waals surface area contributed by atoms with Gasteiger partial charge in [0.2, 0.25) is 0 Å². The first-order chi connectivity index (χ1) is 20.7. The monoisotopic (exact) mass is 579 g/mol. The van der Waals surface area contributed by atoms with E-state index in [0.29, 0.717) is 18.7 Å². The van der Waals surface area contributed by atoms with Crippen LogP contribution >= 0.6 is 11.3 Å². The van der Waals surface area contributed by atoms with Crippen molar-refractivity contribution >= 4 is 27.9 Å². The number of carbonyl (C=O) groups is 1. The first kappa shape index (κ1) is 28.0. The van der Waals surface area contributed by atoms with Crippen LogP contribution in [0.4, 0.5) is 5.69 Å². The fraction of sp³-hybridized carbons (Fsp3) is 0.294. The van der Waals surface area contributed by atoms with Crippen LogP contribution < -0.4 is 15.0 Å². The number of benzene rings is 3. The van der Waals surface area contributed by atoms with Crippen LogP contribution in [0, 0.1) is 0 Å². The van der Waals surface area contributed by atoms with Crippen molar-refractivity contribution in [3.63, 3.8) is 0 Å². The lowest BCUT2D eigenvalue weighted by atomic mass is 10.0. The molecular weight excluding hydrogens is 542 g/mol. The van der Waals surface area contributed by atoms with Gasteiger partial charge in [-0.05, 0) is 61.7 Å². The summed E-state index contributed by atoms with van der Waals surface area (Å²) in [4.78, 5) is 23.2. The van der Waals surface area contributed by atoms with Gasteiger partial charge >= 0.3 is 0 Å². The van der Waals surface area contributed by atoms with Gasteiger partial charge in [-0.25, -0.2) is 4.98 Å². The molecule has 1 aliphatic rings. The molecule has 0 unspecified atom stereocenters. The van der Waals surface area contributed by atoms with Crippen molar-refractivity contribution in [1.29, 1.82) is 0 Å². The Hall–Kier alpha value is -4.14. The van der Waals surface area contributed by atoms with Gasteiger partial charge in [0.15, 0.2) is 4.96 Å². The number of imidazole rings is 1. The molecular formula is C34H37N5O2S. The fourth-order valence-electron chi connectivity index (χ4n) is 5.49. The number of anilines is 1. The highest BCUT2D eigenvalue weighted by atomic mass is 32.1. The lowest BCUT2D eigenvalue weighted by Crippen LogP contribution is -2.46. The molecule has 1 aliphatic heterocycles. The third-order valence-electron chi connectivity index (χ3n) is 7.80. The fourth-order valence-corrected chi connectivity index (χ4v) is 6.19. The van der Waals surface area contributed by atoms with E-state index in [1.165, 1.54) is 16.8 Å². The zero-order chi connectivity index (χ0) is 28.7. The van der Waals surface area contributed by atoms with Crippen LogP contribution in [-0.2, 0) is 0 Å². The summed E-state index contributed by atoms with van der Waals surface area (Å²) in [5.74, 6) is 0.934. The first-order valence-electron chi connectivity index (χ1n) is 14.8. The van der Waals surface area contributed by atoms with Gasteiger partial charge in [0.1, 0.15) is 5.75 Å². The van der Waals surface area contributed by atoms with Crippen molar-refractivity contribution in [2.75, 3.05) is 50.8 Å². The van der Waals surface area contributed by atoms with Crippen molar-refractivity contribution in [2.45, 2.75) is 19.8 Å². The molecule has 2 aromatic heterocycles. The third kappa shape index (κ3) is 6.50. The number of thiazole rings is 1. The number of fused-ring (bicyclic) bond motifs is 1. The topological polar surface area (TPSA) is 62.1 Å². The average Bonchev–Trinajstić information content (AvgIpc) is 3.65. The van der Waals surface area contributed by atoms with Crippen LogP contribution in [0.3, 0.4) is 0 Å². The number of unbranched alkanes of at least 4 members (excludes halogenated alkanes) is 1. The predicted molar refractivity (Wildman–Crippen MR) is 172 cm³/mol. The second-order valence-corrected chi connectivity index (χ2v) is 11.4. The zero-order valence-corrected chi connectivity index (χ0v) is 24.9. The smallest absolute Gasteiger partial charge is 0.251 e. The van der Waals surface area contributed by atoms with E-state index in [0.717, 1.165) is 67.5 Å². The standard InChI is InChI=1S/C34H37N5O2S/c1-2-41-32-24-29(26-8-4-3-5-9-26)14-15-31(32)38-20-18-37(19-21-38)17-7-6-16-35-33(40)28-12-10-27(11-13-28)30-25-39-22-23-42-34(39)36-30/h3-5,8-15,22-25H,2,6-7,16-21H2,1H3,(H,35,40). The molecule has 6 rings (SSSR count). The van der Waals surface area contributed by atoms with Gasteiger partial charge in [-0.15, -0.1) is 11.3 Å². The van der Waals surface area contributed by atoms with Gasteiger partial charge in [0, 0.05) is 61.6 Å². The summed E-state index contributed by atoms with van der Waals surface area (Å²) >= 11 is 1.61. The molecule has 0 bridgehead atoms. The number of hydrogen-bond acceptors (Lipinski definition) is 6. The Labute approximate surface area is 251 Å². The summed E-state index contributed by atoms with van der Waals surface area (Å²) in [6.07, 6.45) is 6.04. The summed E-state index contributed by atoms with van der Waals surface area (Å²) in [6, 6.07) is 24.7. The second kappa shape index (κ2) is 13.2. The number of hydrogen-bond donors (Lipinski definition) is 1. The second-order valence-electron chi connectivity index (χ2n) is 10.6. The highest BCUT2D eigenvalue weighted by Gasteiger charge is 2.20. The van der Waals surface area contributed by atoms with Crippen LogP contribution in [0.2, 0.25) is 0 Å². The molecule has 7 nitrogen and oxygen atoms in total. The third-order valence-corrected chi connectivity index (χ3v) is 8.57. The molecule has 3 aromatic carbocycles. The number of nitrogens with zero attached hydrogens (tertiary/aromatic N) is 4. The van der Waals surface area contributed by atoms with E-state index in [9.17, 15) is 4.79 Å². The summed E-state index contributed by atoms with van der Waals surface area (Å²) < 4.78 is 8.08. The minimum Gasteiger partial charge on any atom is -0.492 e. The van der Waals surface area contributed by atoms with Crippen molar-refractivity contribution in [3.05, 3.63) is 96.1 Å². The first-order valence-corrected chi connectivity index (χ1v) is 15.7. The van der Waals surface area contributed by atoms with Gasteiger partial charge in [-0.1, -0.05) is 48.5 Å². The Morgan fingerprint density at radius 2 is 1.71 bits per heavy atom. The maximum Gasteiger partial charge on any atom is 0.251 e. The van der Waals surface area contributed by atoms with Crippen LogP contribution in [0.5, 0.6) is 5.75 Å². The average molecular weight is 580 g/mol. The van der Waals surface area contributed by atoms with E-state index >= 15 is 0 Å². The largest absolute Gasteiger partial charge is 0.492 e. The van der Waals surface area contributed by atoms with Crippen LogP contribution in [-0.4, -0.2) is 66.1 Å². The Balaban J connectivity index is 0.926. The molecule has 0 radical (unpaired) electrons. The van der Waals surface area contributed by atoms with Crippen LogP contribution in [0.1, 0.15) is 30.1 Å². The molecule has 0 spiro atoms. The SMILES string of the molecule is CCOc1cc(-c2ccccc2)ccc1N1CCN(CCCCNC(=O)c2ccc(-c3cn4ccsc4n3)cc2)CC1. The highest BCUT2D eigenvalue weighted by molar-refractivity contribution is 7.15. The summed E-state index contributed by atoms with van der Waals surface area (Å²) in [5.41, 5.74) is 6.18. The molecule has 1 fully saturated rings. The van der Waals surface area contributed by atoms with Crippen molar-refractivity contribution in [3.8, 4) is 28.1 Å². The Morgan fingerprint density at radius 1 is 0.929 bits per heavy atom. The number of carbonyl (C=O) groups excluding carboxylic acids is 1. The highest BCUT2D eigenvalue weighted by Crippen LogP contribution is 2.34. The minimum absolute atomic E-state index is 0.0237. The number of amides is 1. The molecule has 3 heterocycles. The van der Waals surface area contributed by atoms with E-state index in [-0.39, 0.29) is 5.91 Å². The molecule has 1 saturated heterocycles. The van der Waals surface area contributed by atoms with E-state index in [1.807, 2.05) is 59.4 Å². The van der Waals surface area contributed by atoms with Gasteiger partial charge in [-0.3, -0.25) is 14.1 Å². The van der Waals surface area contributed by atoms with Crippen LogP contribution in [0.25, 0.3) is 27.3 Å². The van der Waals surface area contributed by atoms with E-state index in [4.69, 9.17) is 4.74 Å². The van der Waals surface area contributed by atoms with Gasteiger partial charge in [0.05, 0.1) is 18.0 Å². The molecule has 8 heteroatoms. The molecule has 216 valence electrons. The maximum absolute atomic E-state index is 12.6. The molecule has 5 aromatic rings. The van der Waals surface area contributed by atoms with Crippen molar-refractivity contribution in [1.82, 2.24) is 19.6 Å². The minimum atomic E-state index is -0.0237. The number of rotatable bonds is 11. The van der Waals surface area contributed by atoms with E-state index in [1.54, 1.807) is 11.3 Å². The lowest BCUT2D eigenvalue weighted by molar-refractivity contribution is 0.0952. The molecule has 0 aliphatic carbocycles. The van der Waals surface area contributed by atoms with Gasteiger partial charge in [-0.2, -0.15) is 0 Å². The molecule has 1 N–H and O–H groups in total. The summed E-state index contributed by atoms with van der Waals surface area (Å²) in [6.45, 7) is 8.44. The molecule has 0 saturated carbocycles. The Bertz CT molecular complexity index is 1580. The Morgan fingerprint density at radius 3 is 2.48 bits per heavy atom. The van der Waals surface area contributed by atoms with Gasteiger partial charge in [0.25, 0.3) is 5.91 Å². The van der Waals surface area contributed by atoms with Crippen molar-refractivity contribution < 1.29 is 9.53 Å².